The fourth-order valence-corrected chi connectivity index (χ4v) is 6.89. The molecule has 2 aliphatic rings. The Bertz CT molecular complexity index is 2020. The smallest absolute Gasteiger partial charge is 0.410 e. The number of rotatable bonds is 8. The maximum atomic E-state index is 13.9. The van der Waals surface area contributed by atoms with Gasteiger partial charge in [0.2, 0.25) is 11.8 Å². The first-order valence-electron chi connectivity index (χ1n) is 16.9. The number of ether oxygens (including phenoxy) is 3. The number of likely N-dealkylation sites (tertiary alicyclic amines) is 1. The summed E-state index contributed by atoms with van der Waals surface area (Å²) in [6.07, 6.45) is 1.71. The summed E-state index contributed by atoms with van der Waals surface area (Å²) in [4.78, 5) is 35.6. The van der Waals surface area contributed by atoms with Crippen LogP contribution in [0.4, 0.5) is 10.5 Å². The Hall–Kier alpha value is -5.25. The van der Waals surface area contributed by atoms with Crippen LogP contribution in [0.5, 0.6) is 11.8 Å². The molecule has 2 aromatic heterocycles. The highest BCUT2D eigenvalue weighted by atomic mass is 16.6. The monoisotopic (exact) mass is 661 g/mol. The zero-order chi connectivity index (χ0) is 34.2. The summed E-state index contributed by atoms with van der Waals surface area (Å²) in [5, 5.41) is 0. The molecule has 5 aromatic rings. The van der Waals surface area contributed by atoms with Gasteiger partial charge < -0.3 is 24.0 Å². The molecule has 1 unspecified atom stereocenters. The average molecular weight is 662 g/mol. The van der Waals surface area contributed by atoms with Crippen molar-refractivity contribution in [1.82, 2.24) is 19.0 Å². The van der Waals surface area contributed by atoms with Crippen LogP contribution in [-0.2, 0) is 25.0 Å². The largest absolute Gasteiger partial charge is 0.473 e. The standard InChI is InChI=1S/C39H43N5O5/c1-38(2,3)49-37(46)43-22-20-39(27-43)19-21-42(26-39)30-15-16-31-33(23-30)41(4)36(45)44(31)32-17-18-34(47-24-28-11-7-5-8-12-28)40-35(32)48-25-29-13-9-6-10-14-29/h5-18,23H,19-22,24-27H2,1-4H3. The first-order valence-corrected chi connectivity index (χ1v) is 16.9. The van der Waals surface area contributed by atoms with Crippen molar-refractivity contribution in [1.29, 1.82) is 0 Å². The van der Waals surface area contributed by atoms with Gasteiger partial charge in [0.1, 0.15) is 24.5 Å². The molecule has 0 radical (unpaired) electrons. The van der Waals surface area contributed by atoms with Crippen molar-refractivity contribution in [2.75, 3.05) is 31.1 Å². The third-order valence-corrected chi connectivity index (χ3v) is 9.44. The second-order valence-electron chi connectivity index (χ2n) is 14.2. The quantitative estimate of drug-likeness (QED) is 0.182. The van der Waals surface area contributed by atoms with E-state index in [-0.39, 0.29) is 23.8 Å². The summed E-state index contributed by atoms with van der Waals surface area (Å²) in [6, 6.07) is 29.6. The van der Waals surface area contributed by atoms with Crippen molar-refractivity contribution in [3.63, 3.8) is 0 Å². The normalized spacial score (nSPS) is 17.6. The number of hydrogen-bond acceptors (Lipinski definition) is 7. The van der Waals surface area contributed by atoms with Crippen molar-refractivity contribution in [2.24, 2.45) is 12.5 Å². The number of aryl methyl sites for hydroxylation is 1. The number of aromatic nitrogens is 3. The molecule has 7 rings (SSSR count). The van der Waals surface area contributed by atoms with E-state index in [4.69, 9.17) is 19.2 Å². The minimum absolute atomic E-state index is 0.0324. The first-order chi connectivity index (χ1) is 23.6. The van der Waals surface area contributed by atoms with Crippen LogP contribution in [0.15, 0.2) is 95.8 Å². The van der Waals surface area contributed by atoms with E-state index in [2.05, 4.69) is 17.0 Å². The molecular formula is C39H43N5O5. The lowest BCUT2D eigenvalue weighted by Crippen LogP contribution is -2.37. The Morgan fingerprint density at radius 1 is 0.816 bits per heavy atom. The Morgan fingerprint density at radius 2 is 1.49 bits per heavy atom. The number of pyridine rings is 1. The van der Waals surface area contributed by atoms with Crippen LogP contribution in [0, 0.1) is 5.41 Å². The van der Waals surface area contributed by atoms with Gasteiger partial charge >= 0.3 is 11.8 Å². The van der Waals surface area contributed by atoms with Crippen molar-refractivity contribution in [2.45, 2.75) is 52.4 Å². The van der Waals surface area contributed by atoms with Gasteiger partial charge in [0.25, 0.3) is 0 Å². The summed E-state index contributed by atoms with van der Waals surface area (Å²) >= 11 is 0. The van der Waals surface area contributed by atoms with Crippen molar-refractivity contribution in [3.8, 4) is 17.4 Å². The minimum Gasteiger partial charge on any atom is -0.473 e. The molecule has 0 bridgehead atoms. The minimum atomic E-state index is -0.515. The zero-order valence-electron chi connectivity index (χ0n) is 28.6. The lowest BCUT2D eigenvalue weighted by molar-refractivity contribution is 0.0276. The number of imidazole rings is 1. The van der Waals surface area contributed by atoms with Crippen molar-refractivity contribution >= 4 is 22.8 Å². The number of carbonyl (C=O) groups is 1. The molecule has 254 valence electrons. The summed E-state index contributed by atoms with van der Waals surface area (Å²) < 4.78 is 21.3. The number of benzene rings is 3. The highest BCUT2D eigenvalue weighted by Gasteiger charge is 2.45. The predicted octanol–water partition coefficient (Wildman–Crippen LogP) is 6.72. The van der Waals surface area contributed by atoms with Gasteiger partial charge in [-0.15, -0.1) is 0 Å². The molecule has 3 aromatic carbocycles. The van der Waals surface area contributed by atoms with Crippen LogP contribution in [0.25, 0.3) is 16.7 Å². The lowest BCUT2D eigenvalue weighted by Gasteiger charge is -2.27. The second-order valence-corrected chi connectivity index (χ2v) is 14.2. The number of carbonyl (C=O) groups excluding carboxylic acids is 1. The molecular weight excluding hydrogens is 618 g/mol. The number of anilines is 1. The molecule has 1 spiro atoms. The van der Waals surface area contributed by atoms with Crippen LogP contribution in [0.3, 0.4) is 0 Å². The first kappa shape index (κ1) is 32.3. The number of fused-ring (bicyclic) bond motifs is 1. The Morgan fingerprint density at radius 3 is 2.18 bits per heavy atom. The van der Waals surface area contributed by atoms with E-state index in [1.807, 2.05) is 98.5 Å². The number of hydrogen-bond donors (Lipinski definition) is 0. The van der Waals surface area contributed by atoms with Crippen LogP contribution in [0.2, 0.25) is 0 Å². The molecule has 2 saturated heterocycles. The van der Waals surface area contributed by atoms with Gasteiger partial charge in [0, 0.05) is 50.4 Å². The van der Waals surface area contributed by atoms with Crippen LogP contribution < -0.4 is 20.1 Å². The third-order valence-electron chi connectivity index (χ3n) is 9.44. The van der Waals surface area contributed by atoms with Gasteiger partial charge in [-0.05, 0) is 69.0 Å². The summed E-state index contributed by atoms with van der Waals surface area (Å²) in [5.74, 6) is 0.719. The van der Waals surface area contributed by atoms with E-state index >= 15 is 0 Å². The third kappa shape index (κ3) is 6.86. The van der Waals surface area contributed by atoms with E-state index in [0.29, 0.717) is 37.1 Å². The molecule has 0 saturated carbocycles. The van der Waals surface area contributed by atoms with Crippen LogP contribution >= 0.6 is 0 Å². The number of amides is 1. The number of nitrogens with zero attached hydrogens (tertiary/aromatic N) is 5. The molecule has 2 aliphatic heterocycles. The van der Waals surface area contributed by atoms with Gasteiger partial charge in [-0.1, -0.05) is 60.7 Å². The molecule has 4 heterocycles. The zero-order valence-corrected chi connectivity index (χ0v) is 28.6. The molecule has 1 atom stereocenters. The molecule has 2 fully saturated rings. The highest BCUT2D eigenvalue weighted by molar-refractivity contribution is 5.82. The van der Waals surface area contributed by atoms with E-state index in [9.17, 15) is 9.59 Å². The average Bonchev–Trinajstić information content (AvgIpc) is 3.79. The van der Waals surface area contributed by atoms with Gasteiger partial charge in [-0.3, -0.25) is 9.13 Å². The van der Waals surface area contributed by atoms with Crippen molar-refractivity contribution < 1.29 is 19.0 Å². The molecule has 49 heavy (non-hydrogen) atoms. The molecule has 0 N–H and O–H groups in total. The molecule has 0 aliphatic carbocycles. The highest BCUT2D eigenvalue weighted by Crippen LogP contribution is 2.42. The molecule has 1 amide bonds. The summed E-state index contributed by atoms with van der Waals surface area (Å²) in [7, 11) is 1.79. The topological polar surface area (TPSA) is 91.1 Å². The maximum absolute atomic E-state index is 13.9. The van der Waals surface area contributed by atoms with E-state index < -0.39 is 5.60 Å². The SMILES string of the molecule is Cn1c(=O)n(-c2ccc(OCc3ccccc3)nc2OCc2ccccc2)c2ccc(N3CCC4(CCN(C(=O)OC(C)(C)C)C4)C3)cc21. The fraction of sp³-hybridized carbons (Fsp3) is 0.359. The van der Waals surface area contributed by atoms with Gasteiger partial charge in [-0.25, -0.2) is 9.59 Å². The van der Waals surface area contributed by atoms with Crippen molar-refractivity contribution in [3.05, 3.63) is 113 Å². The molecule has 10 heteroatoms. The van der Waals surface area contributed by atoms with E-state index in [1.54, 1.807) is 22.2 Å². The molecule has 10 nitrogen and oxygen atoms in total. The lowest BCUT2D eigenvalue weighted by atomic mass is 9.86. The Labute approximate surface area is 286 Å². The summed E-state index contributed by atoms with van der Waals surface area (Å²) in [6.45, 7) is 9.47. The Kier molecular flexibility index (Phi) is 8.56. The second kappa shape index (κ2) is 13.0. The van der Waals surface area contributed by atoms with Gasteiger partial charge in [0.05, 0.1) is 11.0 Å². The van der Waals surface area contributed by atoms with Gasteiger partial charge in [-0.2, -0.15) is 4.98 Å². The fourth-order valence-electron chi connectivity index (χ4n) is 6.89. The summed E-state index contributed by atoms with van der Waals surface area (Å²) in [5.41, 5.74) is 4.49. The van der Waals surface area contributed by atoms with Crippen LogP contribution in [0.1, 0.15) is 44.7 Å². The van der Waals surface area contributed by atoms with E-state index in [1.165, 1.54) is 0 Å². The predicted molar refractivity (Wildman–Crippen MR) is 190 cm³/mol. The maximum Gasteiger partial charge on any atom is 0.410 e. The van der Waals surface area contributed by atoms with E-state index in [0.717, 1.165) is 53.8 Å². The van der Waals surface area contributed by atoms with Crippen LogP contribution in [-0.4, -0.2) is 56.9 Å². The van der Waals surface area contributed by atoms with Gasteiger partial charge in [0.15, 0.2) is 0 Å². The Balaban J connectivity index is 1.16.